The van der Waals surface area contributed by atoms with Gasteiger partial charge in [0.25, 0.3) is 0 Å². The second-order valence-corrected chi connectivity index (χ2v) is 9.48. The lowest BCUT2D eigenvalue weighted by molar-refractivity contribution is 0.00172. The summed E-state index contributed by atoms with van der Waals surface area (Å²) in [5, 5.41) is 7.80. The number of pyridine rings is 1. The lowest BCUT2D eigenvalue weighted by Gasteiger charge is -2.20. The molecule has 1 saturated carbocycles. The Hall–Kier alpha value is -4.15. The van der Waals surface area contributed by atoms with Gasteiger partial charge in [0.2, 0.25) is 17.8 Å². The molecule has 4 heterocycles. The van der Waals surface area contributed by atoms with Crippen molar-refractivity contribution in [2.45, 2.75) is 18.8 Å². The molecule has 2 aliphatic rings. The average Bonchev–Trinajstić information content (AvgIpc) is 3.50. The zero-order valence-electron chi connectivity index (χ0n) is 19.6. The highest BCUT2D eigenvalue weighted by Gasteiger charge is 2.50. The SMILES string of the molecule is Cn1nc(-c2ccc(N3C[C@@H]4CC(F)(F)C[C@@H]4C3)nc2)nc1Nc1ccc(-c2ccnc(N)n2)cc1. The molecule has 184 valence electrons. The lowest BCUT2D eigenvalue weighted by atomic mass is 10.0. The van der Waals surface area contributed by atoms with Crippen LogP contribution >= 0.6 is 0 Å². The Labute approximate surface area is 206 Å². The van der Waals surface area contributed by atoms with Crippen LogP contribution in [0.5, 0.6) is 0 Å². The Morgan fingerprint density at radius 2 is 1.67 bits per heavy atom. The van der Waals surface area contributed by atoms with Crippen molar-refractivity contribution in [3.05, 3.63) is 54.9 Å². The summed E-state index contributed by atoms with van der Waals surface area (Å²) in [6.07, 6.45) is 3.33. The highest BCUT2D eigenvalue weighted by molar-refractivity contribution is 5.66. The first kappa shape index (κ1) is 22.3. The van der Waals surface area contributed by atoms with Crippen molar-refractivity contribution in [1.82, 2.24) is 29.7 Å². The van der Waals surface area contributed by atoms with Crippen molar-refractivity contribution < 1.29 is 8.78 Å². The number of nitrogens with two attached hydrogens (primary N) is 1. The number of alkyl halides is 2. The molecule has 3 N–H and O–H groups in total. The van der Waals surface area contributed by atoms with E-state index in [4.69, 9.17) is 5.73 Å². The highest BCUT2D eigenvalue weighted by atomic mass is 19.3. The normalized spacial score (nSPS) is 20.5. The van der Waals surface area contributed by atoms with E-state index in [2.05, 4.69) is 35.3 Å². The van der Waals surface area contributed by atoms with Gasteiger partial charge in [-0.3, -0.25) is 0 Å². The van der Waals surface area contributed by atoms with Gasteiger partial charge in [-0.25, -0.2) is 28.4 Å². The van der Waals surface area contributed by atoms with E-state index in [0.29, 0.717) is 24.9 Å². The summed E-state index contributed by atoms with van der Waals surface area (Å²) in [6.45, 7) is 1.26. The summed E-state index contributed by atoms with van der Waals surface area (Å²) in [4.78, 5) is 19.5. The Bertz CT molecular complexity index is 1370. The standard InChI is InChI=1S/C25H25F2N9/c1-35-24(31-19-5-2-15(3-6-19)20-8-9-29-23(28)32-20)33-22(34-35)16-4-7-21(30-12-16)36-13-17-10-25(26,27)11-18(17)14-36/h2-9,12,17-18H,10-11,13-14H2,1H3,(H2,28,29,32)(H,31,33,34)/t17-,18+. The molecule has 1 aliphatic heterocycles. The van der Waals surface area contributed by atoms with Gasteiger partial charge >= 0.3 is 0 Å². The molecule has 0 spiro atoms. The fraction of sp³-hybridized carbons (Fsp3) is 0.320. The Balaban J connectivity index is 1.13. The average molecular weight is 490 g/mol. The maximum absolute atomic E-state index is 13.6. The Morgan fingerprint density at radius 3 is 2.33 bits per heavy atom. The van der Waals surface area contributed by atoms with Crippen molar-refractivity contribution >= 4 is 23.4 Å². The lowest BCUT2D eigenvalue weighted by Crippen LogP contribution is -2.24. The second kappa shape index (κ2) is 8.51. The molecule has 0 unspecified atom stereocenters. The van der Waals surface area contributed by atoms with E-state index in [1.807, 2.05) is 43.4 Å². The van der Waals surface area contributed by atoms with Gasteiger partial charge < -0.3 is 16.0 Å². The molecule has 36 heavy (non-hydrogen) atoms. The molecule has 0 bridgehead atoms. The number of nitrogen functional groups attached to an aromatic ring is 1. The molecule has 3 aromatic heterocycles. The minimum atomic E-state index is -2.51. The fourth-order valence-electron chi connectivity index (χ4n) is 5.15. The van der Waals surface area contributed by atoms with Gasteiger partial charge in [0.05, 0.1) is 5.69 Å². The second-order valence-electron chi connectivity index (χ2n) is 9.48. The molecule has 1 saturated heterocycles. The first-order valence-electron chi connectivity index (χ1n) is 11.8. The fourth-order valence-corrected chi connectivity index (χ4v) is 5.15. The van der Waals surface area contributed by atoms with Crippen LogP contribution in [0.15, 0.2) is 54.9 Å². The molecule has 0 amide bonds. The van der Waals surface area contributed by atoms with E-state index in [1.165, 1.54) is 0 Å². The van der Waals surface area contributed by atoms with Crippen LogP contribution in [0.25, 0.3) is 22.6 Å². The molecule has 2 fully saturated rings. The summed E-state index contributed by atoms with van der Waals surface area (Å²) in [5.74, 6) is -0.261. The van der Waals surface area contributed by atoms with Crippen LogP contribution in [0.1, 0.15) is 12.8 Å². The van der Waals surface area contributed by atoms with E-state index in [-0.39, 0.29) is 30.6 Å². The van der Waals surface area contributed by atoms with Gasteiger partial charge in [-0.15, -0.1) is 5.10 Å². The van der Waals surface area contributed by atoms with Gasteiger partial charge in [-0.1, -0.05) is 12.1 Å². The maximum atomic E-state index is 13.6. The number of hydrogen-bond acceptors (Lipinski definition) is 8. The summed E-state index contributed by atoms with van der Waals surface area (Å²) < 4.78 is 29.0. The third kappa shape index (κ3) is 4.32. The third-order valence-corrected chi connectivity index (χ3v) is 6.90. The van der Waals surface area contributed by atoms with Gasteiger partial charge in [-0.2, -0.15) is 4.98 Å². The van der Waals surface area contributed by atoms with Crippen LogP contribution < -0.4 is 16.0 Å². The molecule has 2 atom stereocenters. The number of halogens is 2. The van der Waals surface area contributed by atoms with Crippen LogP contribution in [0.4, 0.5) is 32.2 Å². The monoisotopic (exact) mass is 489 g/mol. The molecule has 0 radical (unpaired) electrons. The summed E-state index contributed by atoms with van der Waals surface area (Å²) in [6, 6.07) is 13.4. The minimum absolute atomic E-state index is 0.0160. The largest absolute Gasteiger partial charge is 0.368 e. The van der Waals surface area contributed by atoms with Crippen molar-refractivity contribution in [3.8, 4) is 22.6 Å². The maximum Gasteiger partial charge on any atom is 0.248 e. The van der Waals surface area contributed by atoms with E-state index in [9.17, 15) is 8.78 Å². The zero-order valence-corrected chi connectivity index (χ0v) is 19.6. The number of rotatable bonds is 5. The predicted molar refractivity (Wildman–Crippen MR) is 133 cm³/mol. The van der Waals surface area contributed by atoms with Crippen molar-refractivity contribution in [1.29, 1.82) is 0 Å². The van der Waals surface area contributed by atoms with Crippen LogP contribution in [0.3, 0.4) is 0 Å². The third-order valence-electron chi connectivity index (χ3n) is 6.90. The van der Waals surface area contributed by atoms with E-state index in [1.54, 1.807) is 23.1 Å². The van der Waals surface area contributed by atoms with Crippen molar-refractivity contribution in [2.75, 3.05) is 29.0 Å². The number of aryl methyl sites for hydroxylation is 1. The quantitative estimate of drug-likeness (QED) is 0.430. The number of fused-ring (bicyclic) bond motifs is 1. The zero-order chi connectivity index (χ0) is 24.9. The first-order chi connectivity index (χ1) is 17.3. The summed E-state index contributed by atoms with van der Waals surface area (Å²) in [5.41, 5.74) is 8.99. The predicted octanol–water partition coefficient (Wildman–Crippen LogP) is 4.14. The number of hydrogen-bond donors (Lipinski definition) is 2. The molecular formula is C25H25F2N9. The molecule has 1 aliphatic carbocycles. The smallest absolute Gasteiger partial charge is 0.248 e. The van der Waals surface area contributed by atoms with Crippen LogP contribution in [0.2, 0.25) is 0 Å². The van der Waals surface area contributed by atoms with Gasteiger partial charge in [-0.05, 0) is 42.2 Å². The number of nitrogens with one attached hydrogen (secondary N) is 1. The topological polar surface area (TPSA) is 111 Å². The van der Waals surface area contributed by atoms with Crippen LogP contribution in [-0.2, 0) is 7.05 Å². The van der Waals surface area contributed by atoms with Gasteiger partial charge in [0.15, 0.2) is 5.82 Å². The Morgan fingerprint density at radius 1 is 0.944 bits per heavy atom. The van der Waals surface area contributed by atoms with Crippen LogP contribution in [0, 0.1) is 11.8 Å². The van der Waals surface area contributed by atoms with Crippen molar-refractivity contribution in [3.63, 3.8) is 0 Å². The number of nitrogens with zero attached hydrogens (tertiary/aromatic N) is 7. The van der Waals surface area contributed by atoms with Gasteiger partial charge in [0.1, 0.15) is 5.82 Å². The molecule has 4 aromatic rings. The highest BCUT2D eigenvalue weighted by Crippen LogP contribution is 2.47. The molecule has 11 heteroatoms. The molecule has 9 nitrogen and oxygen atoms in total. The van der Waals surface area contributed by atoms with Crippen molar-refractivity contribution in [2.24, 2.45) is 18.9 Å². The number of aromatic nitrogens is 6. The molecular weight excluding hydrogens is 464 g/mol. The minimum Gasteiger partial charge on any atom is -0.368 e. The number of benzene rings is 1. The summed E-state index contributed by atoms with van der Waals surface area (Å²) >= 11 is 0. The van der Waals surface area contributed by atoms with E-state index in [0.717, 1.165) is 28.3 Å². The van der Waals surface area contributed by atoms with Crippen LogP contribution in [-0.4, -0.2) is 48.7 Å². The molecule has 6 rings (SSSR count). The van der Waals surface area contributed by atoms with Gasteiger partial charge in [0, 0.05) is 62.2 Å². The first-order valence-corrected chi connectivity index (χ1v) is 11.8. The number of anilines is 4. The van der Waals surface area contributed by atoms with E-state index < -0.39 is 5.92 Å². The van der Waals surface area contributed by atoms with E-state index >= 15 is 0 Å². The Kier molecular flexibility index (Phi) is 5.27. The summed E-state index contributed by atoms with van der Waals surface area (Å²) in [7, 11) is 1.82. The molecule has 1 aromatic carbocycles.